The summed E-state index contributed by atoms with van der Waals surface area (Å²) < 4.78 is 12.7. The minimum absolute atomic E-state index is 0.620. The lowest BCUT2D eigenvalue weighted by Crippen LogP contribution is -2.01. The molecule has 0 unspecified atom stereocenters. The molecule has 0 saturated heterocycles. The zero-order chi connectivity index (χ0) is 20.2. The van der Waals surface area contributed by atoms with Crippen molar-refractivity contribution in [1.82, 2.24) is 19.9 Å². The van der Waals surface area contributed by atoms with Gasteiger partial charge in [-0.15, -0.1) is 10.2 Å². The highest BCUT2D eigenvalue weighted by molar-refractivity contribution is 7.98. The number of nitrogens with zero attached hydrogens (tertiary/aromatic N) is 4. The summed E-state index contributed by atoms with van der Waals surface area (Å²) in [5.41, 5.74) is 2.60. The number of aryl methyl sites for hydroxylation is 1. The first-order valence-corrected chi connectivity index (χ1v) is 10.5. The van der Waals surface area contributed by atoms with Crippen LogP contribution < -0.4 is 4.74 Å². The summed E-state index contributed by atoms with van der Waals surface area (Å²) >= 11 is 7.98. The summed E-state index contributed by atoms with van der Waals surface area (Å²) in [6, 6.07) is 17.4. The van der Waals surface area contributed by atoms with Crippen molar-refractivity contribution in [2.75, 3.05) is 6.61 Å². The first-order valence-electron chi connectivity index (χ1n) is 9.14. The zero-order valence-corrected chi connectivity index (χ0v) is 17.6. The Labute approximate surface area is 177 Å². The predicted octanol–water partition coefficient (Wildman–Crippen LogP) is 5.58. The van der Waals surface area contributed by atoms with E-state index in [0.29, 0.717) is 23.2 Å². The molecule has 0 atom stereocenters. The molecule has 2 heterocycles. The van der Waals surface area contributed by atoms with Gasteiger partial charge in [-0.25, -0.2) is 0 Å². The van der Waals surface area contributed by atoms with Crippen molar-refractivity contribution in [3.63, 3.8) is 0 Å². The molecule has 4 rings (SSSR count). The van der Waals surface area contributed by atoms with Crippen molar-refractivity contribution in [2.45, 2.75) is 24.8 Å². The second kappa shape index (κ2) is 8.71. The molecule has 8 heteroatoms. The fourth-order valence-electron chi connectivity index (χ4n) is 2.90. The number of benzene rings is 2. The van der Waals surface area contributed by atoms with E-state index in [1.807, 2.05) is 73.0 Å². The summed E-state index contributed by atoms with van der Waals surface area (Å²) in [7, 11) is 0. The molecule has 29 heavy (non-hydrogen) atoms. The molecular formula is C21H19ClN4O2S. The third kappa shape index (κ3) is 4.31. The van der Waals surface area contributed by atoms with Crippen molar-refractivity contribution in [1.29, 1.82) is 0 Å². The van der Waals surface area contributed by atoms with Crippen LogP contribution in [0.25, 0.3) is 17.1 Å². The number of halogens is 1. The predicted molar refractivity (Wildman–Crippen MR) is 114 cm³/mol. The van der Waals surface area contributed by atoms with Gasteiger partial charge in [0.25, 0.3) is 0 Å². The van der Waals surface area contributed by atoms with E-state index in [2.05, 4.69) is 15.4 Å². The molecule has 0 bridgehead atoms. The van der Waals surface area contributed by atoms with Crippen LogP contribution in [0.1, 0.15) is 18.4 Å². The molecule has 6 nitrogen and oxygen atoms in total. The first kappa shape index (κ1) is 19.5. The third-order valence-electron chi connectivity index (χ3n) is 4.18. The van der Waals surface area contributed by atoms with Crippen molar-refractivity contribution >= 4 is 23.4 Å². The van der Waals surface area contributed by atoms with Crippen LogP contribution in [0.2, 0.25) is 5.02 Å². The highest BCUT2D eigenvalue weighted by atomic mass is 35.5. The summed E-state index contributed by atoms with van der Waals surface area (Å²) in [6.45, 7) is 4.46. The Morgan fingerprint density at radius 3 is 2.59 bits per heavy atom. The molecular weight excluding hydrogens is 408 g/mol. The van der Waals surface area contributed by atoms with Crippen molar-refractivity contribution in [2.24, 2.45) is 0 Å². The van der Waals surface area contributed by atoms with Crippen molar-refractivity contribution in [3.8, 4) is 22.8 Å². The monoisotopic (exact) mass is 426 g/mol. The van der Waals surface area contributed by atoms with Gasteiger partial charge in [-0.1, -0.05) is 40.7 Å². The third-order valence-corrected chi connectivity index (χ3v) is 5.47. The van der Waals surface area contributed by atoms with Gasteiger partial charge in [0.15, 0.2) is 11.0 Å². The molecule has 0 fully saturated rings. The Bertz CT molecular complexity index is 1110. The average Bonchev–Trinajstić information content (AvgIpc) is 3.34. The zero-order valence-electron chi connectivity index (χ0n) is 16.0. The van der Waals surface area contributed by atoms with Crippen LogP contribution in [0.5, 0.6) is 5.75 Å². The lowest BCUT2D eigenvalue weighted by molar-refractivity contribution is 0.340. The van der Waals surface area contributed by atoms with Gasteiger partial charge in [-0.05, 0) is 50.2 Å². The fraction of sp³-hybridized carbons (Fsp3) is 0.190. The Balaban J connectivity index is 1.74. The van der Waals surface area contributed by atoms with E-state index < -0.39 is 0 Å². The second-order valence-corrected chi connectivity index (χ2v) is 7.62. The van der Waals surface area contributed by atoms with Crippen LogP contribution in [-0.2, 0) is 5.75 Å². The molecule has 0 radical (unpaired) electrons. The van der Waals surface area contributed by atoms with Crippen LogP contribution >= 0.6 is 23.4 Å². The highest BCUT2D eigenvalue weighted by Gasteiger charge is 2.18. The highest BCUT2D eigenvalue weighted by Crippen LogP contribution is 2.33. The van der Waals surface area contributed by atoms with E-state index in [1.165, 1.54) is 11.8 Å². The van der Waals surface area contributed by atoms with Gasteiger partial charge in [0, 0.05) is 23.1 Å². The number of thioether (sulfide) groups is 1. The smallest absolute Gasteiger partial charge is 0.196 e. The van der Waals surface area contributed by atoms with E-state index in [-0.39, 0.29) is 0 Å². The van der Waals surface area contributed by atoms with Gasteiger partial charge in [-0.3, -0.25) is 4.57 Å². The molecule has 2 aromatic heterocycles. The topological polar surface area (TPSA) is 66.0 Å². The minimum Gasteiger partial charge on any atom is -0.494 e. The summed E-state index contributed by atoms with van der Waals surface area (Å²) in [6.07, 6.45) is 0. The Hall–Kier alpha value is -2.77. The summed E-state index contributed by atoms with van der Waals surface area (Å²) in [5, 5.41) is 14.3. The Morgan fingerprint density at radius 1 is 1.10 bits per heavy atom. The molecule has 0 amide bonds. The SMILES string of the molecule is CCOc1ccc(-n2c(SCc3cc(C)on3)nnc2-c2ccccc2Cl)cc1. The minimum atomic E-state index is 0.620. The summed E-state index contributed by atoms with van der Waals surface area (Å²) in [4.78, 5) is 0. The normalized spacial score (nSPS) is 11.0. The molecule has 0 aliphatic rings. The Kier molecular flexibility index (Phi) is 5.87. The Morgan fingerprint density at radius 2 is 1.90 bits per heavy atom. The molecule has 0 spiro atoms. The number of ether oxygens (including phenoxy) is 1. The van der Waals surface area contributed by atoms with Gasteiger partial charge in [0.2, 0.25) is 0 Å². The fourth-order valence-corrected chi connectivity index (χ4v) is 3.95. The molecule has 0 aliphatic heterocycles. The first-order chi connectivity index (χ1) is 14.2. The molecule has 0 saturated carbocycles. The maximum absolute atomic E-state index is 6.44. The number of rotatable bonds is 7. The van der Waals surface area contributed by atoms with Gasteiger partial charge in [-0.2, -0.15) is 0 Å². The molecule has 0 N–H and O–H groups in total. The van der Waals surface area contributed by atoms with Gasteiger partial charge >= 0.3 is 0 Å². The van der Waals surface area contributed by atoms with Gasteiger partial charge in [0.05, 0.1) is 17.3 Å². The van der Waals surface area contributed by atoms with Crippen LogP contribution in [0.4, 0.5) is 0 Å². The largest absolute Gasteiger partial charge is 0.494 e. The maximum Gasteiger partial charge on any atom is 0.196 e. The molecule has 4 aromatic rings. The van der Waals surface area contributed by atoms with Crippen molar-refractivity contribution in [3.05, 3.63) is 71.1 Å². The second-order valence-electron chi connectivity index (χ2n) is 6.27. The van der Waals surface area contributed by atoms with Gasteiger partial charge < -0.3 is 9.26 Å². The lowest BCUT2D eigenvalue weighted by atomic mass is 10.2. The lowest BCUT2D eigenvalue weighted by Gasteiger charge is -2.12. The summed E-state index contributed by atoms with van der Waals surface area (Å²) in [5.74, 6) is 2.90. The van der Waals surface area contributed by atoms with Crippen LogP contribution in [0.3, 0.4) is 0 Å². The number of hydrogen-bond acceptors (Lipinski definition) is 6. The van der Waals surface area contributed by atoms with E-state index in [0.717, 1.165) is 33.6 Å². The van der Waals surface area contributed by atoms with E-state index in [9.17, 15) is 0 Å². The quantitative estimate of drug-likeness (QED) is 0.359. The van der Waals surface area contributed by atoms with Crippen LogP contribution in [-0.4, -0.2) is 26.5 Å². The van der Waals surface area contributed by atoms with E-state index in [1.54, 1.807) is 0 Å². The van der Waals surface area contributed by atoms with E-state index >= 15 is 0 Å². The van der Waals surface area contributed by atoms with Crippen LogP contribution in [0.15, 0.2) is 64.3 Å². The standard InChI is InChI=1S/C21H19ClN4O2S/c1-3-27-17-10-8-16(9-11-17)26-20(18-6-4-5-7-19(18)22)23-24-21(26)29-13-15-12-14(2)28-25-15/h4-12H,3,13H2,1-2H3. The van der Waals surface area contributed by atoms with Crippen LogP contribution in [0, 0.1) is 6.92 Å². The number of aromatic nitrogens is 4. The maximum atomic E-state index is 6.44. The number of hydrogen-bond donors (Lipinski definition) is 0. The molecule has 2 aromatic carbocycles. The molecule has 0 aliphatic carbocycles. The van der Waals surface area contributed by atoms with E-state index in [4.69, 9.17) is 20.9 Å². The van der Waals surface area contributed by atoms with Gasteiger partial charge in [0.1, 0.15) is 11.5 Å². The average molecular weight is 427 g/mol. The molecule has 148 valence electrons. The van der Waals surface area contributed by atoms with Crippen molar-refractivity contribution < 1.29 is 9.26 Å².